The maximum absolute atomic E-state index is 13.3. The first-order valence-electron chi connectivity index (χ1n) is 13.2. The molecule has 7 nitrogen and oxygen atoms in total. The lowest BCUT2D eigenvalue weighted by atomic mass is 9.85. The highest BCUT2D eigenvalue weighted by molar-refractivity contribution is 7.90. The maximum atomic E-state index is 13.3. The maximum Gasteiger partial charge on any atom is 0.254 e. The zero-order valence-electron chi connectivity index (χ0n) is 22.7. The minimum Gasteiger partial charge on any atom is -0.598 e. The van der Waals surface area contributed by atoms with Crippen LogP contribution in [0.3, 0.4) is 0 Å². The quantitative estimate of drug-likeness (QED) is 0.332. The van der Waals surface area contributed by atoms with E-state index in [4.69, 9.17) is 25.8 Å². The molecule has 3 fully saturated rings. The van der Waals surface area contributed by atoms with Crippen molar-refractivity contribution in [2.45, 2.75) is 88.9 Å². The van der Waals surface area contributed by atoms with Crippen molar-refractivity contribution in [1.82, 2.24) is 9.62 Å². The third-order valence-electron chi connectivity index (χ3n) is 7.23. The zero-order valence-corrected chi connectivity index (χ0v) is 24.3. The molecule has 1 saturated carbocycles. The molecule has 1 amide bonds. The molecule has 2 aliphatic heterocycles. The SMILES string of the molecule is C=CCOc1cc(C2CC2)c(Cl)cc1C(N[S@@+]([O-])C(C)(C)C)C1CCN(C(=O)[C@H]2COC(C)(C)O2)CC1. The summed E-state index contributed by atoms with van der Waals surface area (Å²) in [7, 11) is 0. The molecular formula is C28H41ClN2O5S. The summed E-state index contributed by atoms with van der Waals surface area (Å²) in [5, 5.41) is 0.727. The highest BCUT2D eigenvalue weighted by Crippen LogP contribution is 2.47. The van der Waals surface area contributed by atoms with Crippen molar-refractivity contribution in [2.24, 2.45) is 5.92 Å². The van der Waals surface area contributed by atoms with Crippen LogP contribution < -0.4 is 9.46 Å². The molecule has 1 N–H and O–H groups in total. The van der Waals surface area contributed by atoms with Crippen LogP contribution in [0.4, 0.5) is 0 Å². The summed E-state index contributed by atoms with van der Waals surface area (Å²) in [6, 6.07) is 3.81. The molecule has 1 aromatic rings. The van der Waals surface area contributed by atoms with E-state index in [1.807, 2.05) is 45.6 Å². The van der Waals surface area contributed by atoms with Crippen molar-refractivity contribution in [3.63, 3.8) is 0 Å². The van der Waals surface area contributed by atoms with Gasteiger partial charge in [-0.15, -0.1) is 4.72 Å². The first kappa shape index (κ1) is 28.7. The van der Waals surface area contributed by atoms with Crippen molar-refractivity contribution >= 4 is 28.9 Å². The van der Waals surface area contributed by atoms with Gasteiger partial charge in [0.05, 0.1) is 12.6 Å². The fourth-order valence-electron chi connectivity index (χ4n) is 4.98. The first-order valence-corrected chi connectivity index (χ1v) is 14.8. The van der Waals surface area contributed by atoms with Gasteiger partial charge in [0, 0.05) is 35.0 Å². The molecule has 37 heavy (non-hydrogen) atoms. The highest BCUT2D eigenvalue weighted by atomic mass is 35.5. The largest absolute Gasteiger partial charge is 0.598 e. The van der Waals surface area contributed by atoms with Crippen LogP contribution in [0.15, 0.2) is 24.8 Å². The first-order chi connectivity index (χ1) is 17.4. The molecule has 0 bridgehead atoms. The van der Waals surface area contributed by atoms with Crippen molar-refractivity contribution in [2.75, 3.05) is 26.3 Å². The Kier molecular flexibility index (Phi) is 8.88. The molecule has 3 atom stereocenters. The lowest BCUT2D eigenvalue weighted by Gasteiger charge is -2.38. The predicted molar refractivity (Wildman–Crippen MR) is 147 cm³/mol. The molecule has 2 heterocycles. The van der Waals surface area contributed by atoms with E-state index in [1.165, 1.54) is 0 Å². The second kappa shape index (κ2) is 11.4. The van der Waals surface area contributed by atoms with Crippen molar-refractivity contribution in [3.05, 3.63) is 40.9 Å². The molecule has 1 aromatic carbocycles. The van der Waals surface area contributed by atoms with Gasteiger partial charge in [0.2, 0.25) is 0 Å². The number of carbonyl (C=O) groups excluding carboxylic acids is 1. The Morgan fingerprint density at radius 3 is 2.54 bits per heavy atom. The number of nitrogens with zero attached hydrogens (tertiary/aromatic N) is 1. The molecule has 9 heteroatoms. The van der Waals surface area contributed by atoms with Crippen LogP contribution >= 0.6 is 11.6 Å². The number of amides is 1. The van der Waals surface area contributed by atoms with E-state index in [-0.39, 0.29) is 24.5 Å². The van der Waals surface area contributed by atoms with Crippen LogP contribution in [0.5, 0.6) is 5.75 Å². The summed E-state index contributed by atoms with van der Waals surface area (Å²) in [4.78, 5) is 14.9. The number of hydrogen-bond acceptors (Lipinski definition) is 6. The molecule has 1 aliphatic carbocycles. The van der Waals surface area contributed by atoms with E-state index < -0.39 is 28.0 Å². The lowest BCUT2D eigenvalue weighted by molar-refractivity contribution is -0.161. The van der Waals surface area contributed by atoms with E-state index in [9.17, 15) is 9.35 Å². The molecular weight excluding hydrogens is 512 g/mol. The fourth-order valence-corrected chi connectivity index (χ4v) is 6.21. The second-order valence-corrected chi connectivity index (χ2v) is 14.1. The Labute approximate surface area is 229 Å². The number of benzene rings is 1. The highest BCUT2D eigenvalue weighted by Gasteiger charge is 2.42. The van der Waals surface area contributed by atoms with Gasteiger partial charge in [-0.05, 0) is 89.8 Å². The van der Waals surface area contributed by atoms with Gasteiger partial charge in [-0.25, -0.2) is 0 Å². The molecule has 0 radical (unpaired) electrons. The van der Waals surface area contributed by atoms with Crippen LogP contribution in [0.2, 0.25) is 5.02 Å². The monoisotopic (exact) mass is 552 g/mol. The van der Waals surface area contributed by atoms with Gasteiger partial charge in [-0.3, -0.25) is 4.79 Å². The summed E-state index contributed by atoms with van der Waals surface area (Å²) < 4.78 is 33.8. The van der Waals surface area contributed by atoms with Crippen LogP contribution in [-0.4, -0.2) is 58.3 Å². The number of rotatable bonds is 9. The summed E-state index contributed by atoms with van der Waals surface area (Å²) in [6.07, 6.45) is 4.94. The fraction of sp³-hybridized carbons (Fsp3) is 0.679. The molecule has 4 rings (SSSR count). The Balaban J connectivity index is 1.56. The van der Waals surface area contributed by atoms with Crippen LogP contribution in [0.1, 0.15) is 83.4 Å². The average Bonchev–Trinajstić information content (AvgIpc) is 3.62. The van der Waals surface area contributed by atoms with Crippen molar-refractivity contribution in [1.29, 1.82) is 0 Å². The van der Waals surface area contributed by atoms with E-state index in [0.717, 1.165) is 47.6 Å². The molecule has 1 unspecified atom stereocenters. The Bertz CT molecular complexity index is 986. The van der Waals surface area contributed by atoms with Gasteiger partial charge in [-0.1, -0.05) is 24.3 Å². The number of piperidine rings is 1. The number of likely N-dealkylation sites (tertiary alicyclic amines) is 1. The van der Waals surface area contributed by atoms with Gasteiger partial charge >= 0.3 is 0 Å². The zero-order chi connectivity index (χ0) is 27.0. The number of hydrogen-bond donors (Lipinski definition) is 1. The molecule has 0 aromatic heterocycles. The van der Waals surface area contributed by atoms with Crippen LogP contribution in [-0.2, 0) is 25.6 Å². The van der Waals surface area contributed by atoms with Gasteiger partial charge in [0.25, 0.3) is 5.91 Å². The molecule has 206 valence electrons. The third kappa shape index (κ3) is 7.02. The van der Waals surface area contributed by atoms with Crippen LogP contribution in [0, 0.1) is 5.92 Å². The van der Waals surface area contributed by atoms with Crippen LogP contribution in [0.25, 0.3) is 0 Å². The van der Waals surface area contributed by atoms with E-state index >= 15 is 0 Å². The molecule has 2 saturated heterocycles. The van der Waals surface area contributed by atoms with E-state index in [1.54, 1.807) is 6.08 Å². The standard InChI is InChI=1S/C28H41ClN2O5S/c1-7-14-34-23-16-20(18-8-9-18)22(29)15-21(23)25(30-37(33)27(2,3)4)19-10-12-31(13-11-19)26(32)24-17-35-28(5,6)36-24/h7,15-16,18-19,24-25,30H,1,8-14,17H2,2-6H3/t24-,25?,37+/m1/s1. The van der Waals surface area contributed by atoms with Gasteiger partial charge in [0.1, 0.15) is 17.1 Å². The Morgan fingerprint density at radius 1 is 1.32 bits per heavy atom. The summed E-state index contributed by atoms with van der Waals surface area (Å²) in [6.45, 7) is 15.2. The van der Waals surface area contributed by atoms with Crippen molar-refractivity contribution in [3.8, 4) is 5.75 Å². The normalized spacial score (nSPS) is 24.1. The minimum absolute atomic E-state index is 0.0290. The van der Waals surface area contributed by atoms with Crippen molar-refractivity contribution < 1.29 is 23.6 Å². The summed E-state index contributed by atoms with van der Waals surface area (Å²) in [5.74, 6) is 0.606. The lowest BCUT2D eigenvalue weighted by Crippen LogP contribution is -2.48. The average molecular weight is 553 g/mol. The number of halogens is 1. The predicted octanol–water partition coefficient (Wildman–Crippen LogP) is 5.27. The minimum atomic E-state index is -1.31. The molecule has 0 spiro atoms. The summed E-state index contributed by atoms with van der Waals surface area (Å²) in [5.41, 5.74) is 2.02. The summed E-state index contributed by atoms with van der Waals surface area (Å²) >= 11 is 5.48. The van der Waals surface area contributed by atoms with Gasteiger partial charge in [-0.2, -0.15) is 0 Å². The topological polar surface area (TPSA) is 83.1 Å². The number of carbonyl (C=O) groups is 1. The number of nitrogens with one attached hydrogen (secondary N) is 1. The number of ether oxygens (including phenoxy) is 3. The van der Waals surface area contributed by atoms with Gasteiger partial charge < -0.3 is 23.7 Å². The third-order valence-corrected chi connectivity index (χ3v) is 9.14. The second-order valence-electron chi connectivity index (χ2n) is 11.7. The van der Waals surface area contributed by atoms with E-state index in [0.29, 0.717) is 25.6 Å². The van der Waals surface area contributed by atoms with Gasteiger partial charge in [0.15, 0.2) is 11.9 Å². The Hall–Kier alpha value is -1.29. The van der Waals surface area contributed by atoms with E-state index in [2.05, 4.69) is 17.4 Å². The smallest absolute Gasteiger partial charge is 0.254 e. The molecule has 3 aliphatic rings. The Morgan fingerprint density at radius 2 is 2.00 bits per heavy atom.